The minimum atomic E-state index is 0.559. The summed E-state index contributed by atoms with van der Waals surface area (Å²) in [6.07, 6.45) is 0. The van der Waals surface area contributed by atoms with Crippen LogP contribution >= 0.6 is 0 Å². The molecule has 0 bridgehead atoms. The largest absolute Gasteiger partial charge is 0.495 e. The Hall–Kier alpha value is -2.76. The van der Waals surface area contributed by atoms with E-state index in [4.69, 9.17) is 10.5 Å². The van der Waals surface area contributed by atoms with Gasteiger partial charge in [0.2, 0.25) is 0 Å². The standard InChI is InChI=1S/C17H21N5O/c1-4-21(5-2)12-6-8-13(9-7-12)22-19-15-10-14(18)17(23-3)11-16(15)20-22/h6-11H,4-5,18H2,1-3H3. The van der Waals surface area contributed by atoms with Crippen LogP contribution in [0.5, 0.6) is 5.75 Å². The first-order chi connectivity index (χ1) is 11.2. The molecule has 3 aromatic rings. The van der Waals surface area contributed by atoms with Gasteiger partial charge in [-0.15, -0.1) is 10.2 Å². The van der Waals surface area contributed by atoms with Gasteiger partial charge < -0.3 is 15.4 Å². The molecule has 2 N–H and O–H groups in total. The number of hydrogen-bond acceptors (Lipinski definition) is 5. The van der Waals surface area contributed by atoms with Crippen LogP contribution in [0.2, 0.25) is 0 Å². The SMILES string of the molecule is CCN(CC)c1ccc(-n2nc3cc(N)c(OC)cc3n2)cc1. The van der Waals surface area contributed by atoms with E-state index in [9.17, 15) is 0 Å². The third kappa shape index (κ3) is 2.79. The number of nitrogens with two attached hydrogens (primary N) is 1. The van der Waals surface area contributed by atoms with Gasteiger partial charge in [0.05, 0.1) is 18.5 Å². The van der Waals surface area contributed by atoms with Crippen LogP contribution in [0.3, 0.4) is 0 Å². The number of methoxy groups -OCH3 is 1. The van der Waals surface area contributed by atoms with Gasteiger partial charge in [0.15, 0.2) is 0 Å². The van der Waals surface area contributed by atoms with Crippen molar-refractivity contribution in [2.24, 2.45) is 0 Å². The topological polar surface area (TPSA) is 69.2 Å². The molecule has 1 heterocycles. The summed E-state index contributed by atoms with van der Waals surface area (Å²) in [5, 5.41) is 8.99. The van der Waals surface area contributed by atoms with Crippen molar-refractivity contribution in [2.75, 3.05) is 30.8 Å². The van der Waals surface area contributed by atoms with E-state index in [1.54, 1.807) is 24.0 Å². The molecule has 0 aliphatic carbocycles. The van der Waals surface area contributed by atoms with Gasteiger partial charge >= 0.3 is 0 Å². The number of nitrogens with zero attached hydrogens (tertiary/aromatic N) is 4. The third-order valence-corrected chi connectivity index (χ3v) is 3.94. The van der Waals surface area contributed by atoms with Gasteiger partial charge in [-0.05, 0) is 44.2 Å². The van der Waals surface area contributed by atoms with E-state index in [1.807, 2.05) is 12.1 Å². The lowest BCUT2D eigenvalue weighted by atomic mass is 10.2. The highest BCUT2D eigenvalue weighted by atomic mass is 16.5. The number of anilines is 2. The summed E-state index contributed by atoms with van der Waals surface area (Å²) in [6.45, 7) is 6.27. The number of aromatic nitrogens is 3. The summed E-state index contributed by atoms with van der Waals surface area (Å²) in [4.78, 5) is 3.91. The molecule has 0 unspecified atom stereocenters. The van der Waals surface area contributed by atoms with E-state index in [0.29, 0.717) is 11.4 Å². The van der Waals surface area contributed by atoms with Crippen molar-refractivity contribution < 1.29 is 4.74 Å². The third-order valence-electron chi connectivity index (χ3n) is 3.94. The Bertz CT molecular complexity index is 806. The van der Waals surface area contributed by atoms with Gasteiger partial charge in [-0.2, -0.15) is 4.80 Å². The summed E-state index contributed by atoms with van der Waals surface area (Å²) >= 11 is 0. The lowest BCUT2D eigenvalue weighted by molar-refractivity contribution is 0.417. The quantitative estimate of drug-likeness (QED) is 0.734. The second-order valence-electron chi connectivity index (χ2n) is 5.26. The van der Waals surface area contributed by atoms with Crippen molar-refractivity contribution >= 4 is 22.4 Å². The van der Waals surface area contributed by atoms with Crippen LogP contribution < -0.4 is 15.4 Å². The molecule has 2 aromatic carbocycles. The van der Waals surface area contributed by atoms with Gasteiger partial charge in [-0.25, -0.2) is 0 Å². The highest BCUT2D eigenvalue weighted by molar-refractivity contribution is 5.81. The monoisotopic (exact) mass is 311 g/mol. The van der Waals surface area contributed by atoms with Crippen molar-refractivity contribution in [3.05, 3.63) is 36.4 Å². The van der Waals surface area contributed by atoms with Crippen molar-refractivity contribution in [1.82, 2.24) is 15.0 Å². The molecular weight excluding hydrogens is 290 g/mol. The molecule has 0 fully saturated rings. The Labute approximate surface area is 135 Å². The summed E-state index contributed by atoms with van der Waals surface area (Å²) in [5.41, 5.74) is 10.1. The molecule has 0 aliphatic heterocycles. The number of rotatable bonds is 5. The van der Waals surface area contributed by atoms with Crippen molar-refractivity contribution in [2.45, 2.75) is 13.8 Å². The van der Waals surface area contributed by atoms with Crippen LogP contribution in [0.15, 0.2) is 36.4 Å². The molecule has 0 atom stereocenters. The summed E-state index contributed by atoms with van der Waals surface area (Å²) in [6, 6.07) is 11.8. The molecular formula is C17H21N5O. The molecule has 0 saturated heterocycles. The maximum atomic E-state index is 5.92. The lowest BCUT2D eigenvalue weighted by Gasteiger charge is -2.20. The van der Waals surface area contributed by atoms with Crippen LogP contribution in [0, 0.1) is 0 Å². The maximum Gasteiger partial charge on any atom is 0.144 e. The van der Waals surface area contributed by atoms with Crippen LogP contribution in [-0.2, 0) is 0 Å². The summed E-state index contributed by atoms with van der Waals surface area (Å²) in [7, 11) is 1.59. The number of benzene rings is 2. The molecule has 23 heavy (non-hydrogen) atoms. The minimum absolute atomic E-state index is 0.559. The second-order valence-corrected chi connectivity index (χ2v) is 5.26. The van der Waals surface area contributed by atoms with Crippen molar-refractivity contribution in [1.29, 1.82) is 0 Å². The van der Waals surface area contributed by atoms with Crippen LogP contribution in [-0.4, -0.2) is 35.2 Å². The fourth-order valence-electron chi connectivity index (χ4n) is 2.64. The van der Waals surface area contributed by atoms with Gasteiger partial charge in [0.25, 0.3) is 0 Å². The molecule has 6 nitrogen and oxygen atoms in total. The molecule has 3 rings (SSSR count). The fourth-order valence-corrected chi connectivity index (χ4v) is 2.64. The number of hydrogen-bond donors (Lipinski definition) is 1. The smallest absolute Gasteiger partial charge is 0.144 e. The molecule has 1 aromatic heterocycles. The zero-order chi connectivity index (χ0) is 16.4. The first kappa shape index (κ1) is 15.1. The van der Waals surface area contributed by atoms with E-state index in [-0.39, 0.29) is 0 Å². The average molecular weight is 311 g/mol. The van der Waals surface area contributed by atoms with E-state index in [1.165, 1.54) is 5.69 Å². The summed E-state index contributed by atoms with van der Waals surface area (Å²) < 4.78 is 5.23. The normalized spacial score (nSPS) is 10.9. The first-order valence-electron chi connectivity index (χ1n) is 7.72. The van der Waals surface area contributed by atoms with Crippen molar-refractivity contribution in [3.8, 4) is 11.4 Å². The average Bonchev–Trinajstić information content (AvgIpc) is 2.98. The lowest BCUT2D eigenvalue weighted by Crippen LogP contribution is -2.21. The van der Waals surface area contributed by atoms with Gasteiger partial charge in [0, 0.05) is 24.8 Å². The predicted molar refractivity (Wildman–Crippen MR) is 93.4 cm³/mol. The Morgan fingerprint density at radius 2 is 1.65 bits per heavy atom. The molecule has 6 heteroatoms. The molecule has 0 spiro atoms. The number of fused-ring (bicyclic) bond motifs is 1. The maximum absolute atomic E-state index is 5.92. The van der Waals surface area contributed by atoms with E-state index in [0.717, 1.165) is 29.8 Å². The van der Waals surface area contributed by atoms with Crippen molar-refractivity contribution in [3.63, 3.8) is 0 Å². The first-order valence-corrected chi connectivity index (χ1v) is 7.72. The van der Waals surface area contributed by atoms with E-state index < -0.39 is 0 Å². The van der Waals surface area contributed by atoms with E-state index >= 15 is 0 Å². The number of ether oxygens (including phenoxy) is 1. The van der Waals surface area contributed by atoms with Crippen LogP contribution in [0.25, 0.3) is 16.7 Å². The van der Waals surface area contributed by atoms with Crippen LogP contribution in [0.1, 0.15) is 13.8 Å². The zero-order valence-corrected chi connectivity index (χ0v) is 13.7. The molecule has 0 aliphatic rings. The Kier molecular flexibility index (Phi) is 4.06. The fraction of sp³-hybridized carbons (Fsp3) is 0.294. The van der Waals surface area contributed by atoms with Gasteiger partial charge in [-0.1, -0.05) is 0 Å². The molecule has 0 saturated carbocycles. The summed E-state index contributed by atoms with van der Waals surface area (Å²) in [5.74, 6) is 0.612. The highest BCUT2D eigenvalue weighted by Gasteiger charge is 2.09. The van der Waals surface area contributed by atoms with Gasteiger partial charge in [0.1, 0.15) is 16.8 Å². The Morgan fingerprint density at radius 1 is 1.04 bits per heavy atom. The Balaban J connectivity index is 1.96. The minimum Gasteiger partial charge on any atom is -0.495 e. The van der Waals surface area contributed by atoms with Gasteiger partial charge in [-0.3, -0.25) is 0 Å². The molecule has 0 amide bonds. The zero-order valence-electron chi connectivity index (χ0n) is 13.7. The highest BCUT2D eigenvalue weighted by Crippen LogP contribution is 2.26. The second kappa shape index (κ2) is 6.16. The predicted octanol–water partition coefficient (Wildman–Crippen LogP) is 2.86. The Morgan fingerprint density at radius 3 is 2.22 bits per heavy atom. The van der Waals surface area contributed by atoms with E-state index in [2.05, 4.69) is 41.1 Å². The van der Waals surface area contributed by atoms with Crippen LogP contribution in [0.4, 0.5) is 11.4 Å². The molecule has 120 valence electrons. The molecule has 0 radical (unpaired) electrons. The number of nitrogen functional groups attached to an aromatic ring is 1.